The molecule has 3 atom stereocenters. The van der Waals surface area contributed by atoms with Crippen molar-refractivity contribution in [1.82, 2.24) is 0 Å². The highest BCUT2D eigenvalue weighted by Crippen LogP contribution is 2.33. The van der Waals surface area contributed by atoms with E-state index < -0.39 is 0 Å². The molecular weight excluding hydrogens is 176 g/mol. The van der Waals surface area contributed by atoms with E-state index in [1.807, 2.05) is 0 Å². The molecule has 0 aliphatic carbocycles. The van der Waals surface area contributed by atoms with E-state index >= 15 is 0 Å². The Labute approximate surface area is 88.9 Å². The summed E-state index contributed by atoms with van der Waals surface area (Å²) in [5.41, 5.74) is 0. The quantitative estimate of drug-likeness (QED) is 0.613. The van der Waals surface area contributed by atoms with E-state index in [4.69, 9.17) is 0 Å². The second-order valence-electron chi connectivity index (χ2n) is 4.37. The summed E-state index contributed by atoms with van der Waals surface area (Å²) in [6.45, 7) is 14.1. The third-order valence-electron chi connectivity index (χ3n) is 3.04. The first-order valence-electron chi connectivity index (χ1n) is 5.66. The van der Waals surface area contributed by atoms with Crippen LogP contribution in [0.25, 0.3) is 0 Å². The van der Waals surface area contributed by atoms with E-state index in [2.05, 4.69) is 53.3 Å². The van der Waals surface area contributed by atoms with Gasteiger partial charge in [0, 0.05) is 5.25 Å². The summed E-state index contributed by atoms with van der Waals surface area (Å²) >= 11 is 2.11. The van der Waals surface area contributed by atoms with Gasteiger partial charge in [-0.1, -0.05) is 48.0 Å². The zero-order valence-corrected chi connectivity index (χ0v) is 10.9. The standard InChI is InChI=1S/C12H26S/c1-7-10(5)12(9(3)4)11(6)13-8-2/h9-12H,7-8H2,1-6H3. The molecule has 0 aromatic carbocycles. The van der Waals surface area contributed by atoms with E-state index in [9.17, 15) is 0 Å². The normalized spacial score (nSPS) is 18.7. The summed E-state index contributed by atoms with van der Waals surface area (Å²) in [6, 6.07) is 0. The summed E-state index contributed by atoms with van der Waals surface area (Å²) in [6.07, 6.45) is 1.32. The van der Waals surface area contributed by atoms with E-state index in [1.165, 1.54) is 12.2 Å². The molecule has 0 aliphatic heterocycles. The predicted octanol–water partition coefficient (Wildman–Crippen LogP) is 4.45. The molecule has 0 rings (SSSR count). The van der Waals surface area contributed by atoms with Crippen LogP contribution in [0.1, 0.15) is 48.0 Å². The number of hydrogen-bond donors (Lipinski definition) is 0. The lowest BCUT2D eigenvalue weighted by Crippen LogP contribution is -2.26. The largest absolute Gasteiger partial charge is 0.159 e. The van der Waals surface area contributed by atoms with Crippen LogP contribution in [-0.2, 0) is 0 Å². The van der Waals surface area contributed by atoms with Gasteiger partial charge in [-0.2, -0.15) is 11.8 Å². The van der Waals surface area contributed by atoms with Gasteiger partial charge in [-0.15, -0.1) is 0 Å². The zero-order valence-electron chi connectivity index (χ0n) is 10.1. The van der Waals surface area contributed by atoms with E-state index in [0.717, 1.165) is 23.0 Å². The highest BCUT2D eigenvalue weighted by molar-refractivity contribution is 7.99. The van der Waals surface area contributed by atoms with Gasteiger partial charge in [0.15, 0.2) is 0 Å². The number of hydrogen-bond acceptors (Lipinski definition) is 1. The molecule has 0 heterocycles. The van der Waals surface area contributed by atoms with Gasteiger partial charge in [-0.25, -0.2) is 0 Å². The lowest BCUT2D eigenvalue weighted by molar-refractivity contribution is 0.263. The first kappa shape index (κ1) is 13.4. The molecule has 0 amide bonds. The first-order valence-corrected chi connectivity index (χ1v) is 6.70. The molecule has 0 saturated heterocycles. The van der Waals surface area contributed by atoms with Gasteiger partial charge in [0.2, 0.25) is 0 Å². The predicted molar refractivity (Wildman–Crippen MR) is 65.4 cm³/mol. The molecule has 0 aromatic heterocycles. The molecular formula is C12H26S. The van der Waals surface area contributed by atoms with Gasteiger partial charge in [0.05, 0.1) is 0 Å². The van der Waals surface area contributed by atoms with Crippen molar-refractivity contribution in [2.24, 2.45) is 17.8 Å². The van der Waals surface area contributed by atoms with Gasteiger partial charge in [0.25, 0.3) is 0 Å². The second kappa shape index (κ2) is 6.75. The van der Waals surface area contributed by atoms with Gasteiger partial charge in [-0.05, 0) is 23.5 Å². The Kier molecular flexibility index (Phi) is 6.93. The summed E-state index contributed by atoms with van der Waals surface area (Å²) in [4.78, 5) is 0. The monoisotopic (exact) mass is 202 g/mol. The van der Waals surface area contributed by atoms with Crippen LogP contribution >= 0.6 is 11.8 Å². The SMILES string of the molecule is CCSC(C)C(C(C)C)C(C)CC. The third kappa shape index (κ3) is 4.39. The van der Waals surface area contributed by atoms with Crippen molar-refractivity contribution in [3.8, 4) is 0 Å². The minimum Gasteiger partial charge on any atom is -0.159 e. The Hall–Kier alpha value is 0.350. The van der Waals surface area contributed by atoms with Crippen molar-refractivity contribution in [3.63, 3.8) is 0 Å². The van der Waals surface area contributed by atoms with E-state index in [-0.39, 0.29) is 0 Å². The second-order valence-corrected chi connectivity index (χ2v) is 6.02. The molecule has 0 fully saturated rings. The smallest absolute Gasteiger partial charge is 0.00518 e. The molecule has 3 unspecified atom stereocenters. The molecule has 0 bridgehead atoms. The van der Waals surface area contributed by atoms with Crippen molar-refractivity contribution < 1.29 is 0 Å². The topological polar surface area (TPSA) is 0 Å². The maximum absolute atomic E-state index is 2.40. The van der Waals surface area contributed by atoms with Gasteiger partial charge in [0.1, 0.15) is 0 Å². The van der Waals surface area contributed by atoms with Crippen LogP contribution in [-0.4, -0.2) is 11.0 Å². The number of rotatable bonds is 6. The maximum Gasteiger partial charge on any atom is 0.00518 e. The first-order chi connectivity index (χ1) is 6.04. The summed E-state index contributed by atoms with van der Waals surface area (Å²) < 4.78 is 0. The van der Waals surface area contributed by atoms with Gasteiger partial charge >= 0.3 is 0 Å². The number of thioether (sulfide) groups is 1. The zero-order chi connectivity index (χ0) is 10.4. The Morgan fingerprint density at radius 2 is 1.54 bits per heavy atom. The Morgan fingerprint density at radius 1 is 1.00 bits per heavy atom. The fourth-order valence-corrected chi connectivity index (χ4v) is 3.64. The molecule has 0 radical (unpaired) electrons. The lowest BCUT2D eigenvalue weighted by atomic mass is 9.81. The molecule has 0 spiro atoms. The minimum atomic E-state index is 0.819. The van der Waals surface area contributed by atoms with Gasteiger partial charge in [-0.3, -0.25) is 0 Å². The average molecular weight is 202 g/mol. The summed E-state index contributed by atoms with van der Waals surface area (Å²) in [5.74, 6) is 3.83. The van der Waals surface area contributed by atoms with E-state index in [1.54, 1.807) is 0 Å². The van der Waals surface area contributed by atoms with Crippen LogP contribution in [0.5, 0.6) is 0 Å². The molecule has 0 aliphatic rings. The fraction of sp³-hybridized carbons (Fsp3) is 1.00. The highest BCUT2D eigenvalue weighted by atomic mass is 32.2. The highest BCUT2D eigenvalue weighted by Gasteiger charge is 2.25. The molecule has 0 aromatic rings. The molecule has 80 valence electrons. The van der Waals surface area contributed by atoms with Crippen molar-refractivity contribution in [1.29, 1.82) is 0 Å². The van der Waals surface area contributed by atoms with Crippen LogP contribution in [0.3, 0.4) is 0 Å². The Balaban J connectivity index is 4.22. The van der Waals surface area contributed by atoms with Crippen LogP contribution in [0.15, 0.2) is 0 Å². The lowest BCUT2D eigenvalue weighted by Gasteiger charge is -2.32. The Morgan fingerprint density at radius 3 is 1.85 bits per heavy atom. The van der Waals surface area contributed by atoms with Gasteiger partial charge < -0.3 is 0 Å². The van der Waals surface area contributed by atoms with Crippen molar-refractivity contribution in [2.75, 3.05) is 5.75 Å². The summed E-state index contributed by atoms with van der Waals surface area (Å²) in [5, 5.41) is 0.819. The molecule has 1 heteroatoms. The van der Waals surface area contributed by atoms with Crippen LogP contribution < -0.4 is 0 Å². The molecule has 0 N–H and O–H groups in total. The fourth-order valence-electron chi connectivity index (χ4n) is 2.31. The average Bonchev–Trinajstić information content (AvgIpc) is 2.04. The van der Waals surface area contributed by atoms with Crippen molar-refractivity contribution in [3.05, 3.63) is 0 Å². The summed E-state index contributed by atoms with van der Waals surface area (Å²) in [7, 11) is 0. The van der Waals surface area contributed by atoms with Crippen LogP contribution in [0, 0.1) is 17.8 Å². The Bertz CT molecular complexity index is 120. The van der Waals surface area contributed by atoms with Crippen LogP contribution in [0.4, 0.5) is 0 Å². The third-order valence-corrected chi connectivity index (χ3v) is 4.22. The van der Waals surface area contributed by atoms with Crippen LogP contribution in [0.2, 0.25) is 0 Å². The van der Waals surface area contributed by atoms with E-state index in [0.29, 0.717) is 0 Å². The molecule has 0 saturated carbocycles. The van der Waals surface area contributed by atoms with Crippen molar-refractivity contribution in [2.45, 2.75) is 53.2 Å². The van der Waals surface area contributed by atoms with Crippen molar-refractivity contribution >= 4 is 11.8 Å². The molecule has 13 heavy (non-hydrogen) atoms. The minimum absolute atomic E-state index is 0.819. The maximum atomic E-state index is 2.40. The molecule has 0 nitrogen and oxygen atoms in total.